The Labute approximate surface area is 162 Å². The number of ether oxygens (including phenoxy) is 1. The number of nitriles is 1. The lowest BCUT2D eigenvalue weighted by atomic mass is 9.65. The van der Waals surface area contributed by atoms with Gasteiger partial charge < -0.3 is 9.64 Å². The molecule has 0 unspecified atom stereocenters. The smallest absolute Gasteiger partial charge is 0.242 e. The van der Waals surface area contributed by atoms with Gasteiger partial charge in [-0.3, -0.25) is 19.7 Å². The Morgan fingerprint density at radius 2 is 2.00 bits per heavy atom. The molecular weight excluding hydrogens is 365 g/mol. The SMILES string of the molecule is CC(=O)NC(=O)[C@]1(C(C)=O)Cc2cc(C#N)cc(F)c2N2C[C@@H](C)O[C@@H](C)[C@@H]21. The van der Waals surface area contributed by atoms with Crippen molar-refractivity contribution in [1.29, 1.82) is 5.26 Å². The Hall–Kier alpha value is -2.79. The lowest BCUT2D eigenvalue weighted by molar-refractivity contribution is -0.151. The molecule has 8 heteroatoms. The number of halogens is 1. The number of rotatable bonds is 2. The van der Waals surface area contributed by atoms with Crippen LogP contribution >= 0.6 is 0 Å². The third-order valence-corrected chi connectivity index (χ3v) is 5.54. The van der Waals surface area contributed by atoms with E-state index in [0.717, 1.165) is 6.07 Å². The monoisotopic (exact) mass is 387 g/mol. The van der Waals surface area contributed by atoms with Crippen LogP contribution in [0.4, 0.5) is 10.1 Å². The van der Waals surface area contributed by atoms with Gasteiger partial charge in [-0.15, -0.1) is 0 Å². The first kappa shape index (κ1) is 20.0. The number of carbonyl (C=O) groups excluding carboxylic acids is 3. The predicted octanol–water partition coefficient (Wildman–Crippen LogP) is 1.47. The molecule has 3 rings (SSSR count). The lowest BCUT2D eigenvalue weighted by Gasteiger charge is -2.54. The van der Waals surface area contributed by atoms with E-state index in [4.69, 9.17) is 4.74 Å². The highest BCUT2D eigenvalue weighted by Crippen LogP contribution is 2.47. The molecule has 0 aliphatic carbocycles. The molecule has 0 saturated carbocycles. The zero-order valence-corrected chi connectivity index (χ0v) is 16.2. The number of morpholine rings is 1. The molecule has 2 aliphatic rings. The molecule has 1 saturated heterocycles. The van der Waals surface area contributed by atoms with Crippen LogP contribution in [-0.2, 0) is 25.5 Å². The van der Waals surface area contributed by atoms with Crippen molar-refractivity contribution in [3.63, 3.8) is 0 Å². The maximum atomic E-state index is 14.9. The number of benzene rings is 1. The van der Waals surface area contributed by atoms with Crippen LogP contribution in [0.25, 0.3) is 0 Å². The number of anilines is 1. The highest BCUT2D eigenvalue weighted by molar-refractivity contribution is 6.11. The van der Waals surface area contributed by atoms with Gasteiger partial charge in [-0.25, -0.2) is 4.39 Å². The first-order valence-electron chi connectivity index (χ1n) is 9.09. The molecule has 2 amide bonds. The van der Waals surface area contributed by atoms with E-state index in [0.29, 0.717) is 5.56 Å². The molecule has 148 valence electrons. The number of carbonyl (C=O) groups is 3. The highest BCUT2D eigenvalue weighted by Gasteiger charge is 2.59. The molecule has 7 nitrogen and oxygen atoms in total. The second-order valence-electron chi connectivity index (χ2n) is 7.54. The van der Waals surface area contributed by atoms with E-state index in [-0.39, 0.29) is 30.3 Å². The molecule has 28 heavy (non-hydrogen) atoms. The molecule has 4 atom stereocenters. The quantitative estimate of drug-likeness (QED) is 0.772. The van der Waals surface area contributed by atoms with Crippen LogP contribution in [0.1, 0.15) is 38.8 Å². The van der Waals surface area contributed by atoms with Gasteiger partial charge in [-0.2, -0.15) is 5.26 Å². The van der Waals surface area contributed by atoms with Gasteiger partial charge in [0.2, 0.25) is 11.8 Å². The Kier molecular flexibility index (Phi) is 4.98. The standard InChI is InChI=1S/C20H22FN3O4/c1-10-9-24-17-15(5-14(8-22)6-16(17)21)7-20(12(3)25,18(24)11(2)28-10)19(27)23-13(4)26/h5-6,10-11,18H,7,9H2,1-4H3,(H,23,26,27)/t10-,11+,18-,20+/m1/s1. The van der Waals surface area contributed by atoms with Crippen LogP contribution in [0.3, 0.4) is 0 Å². The molecule has 2 heterocycles. The van der Waals surface area contributed by atoms with Gasteiger partial charge in [-0.05, 0) is 44.9 Å². The normalized spacial score (nSPS) is 28.6. The summed E-state index contributed by atoms with van der Waals surface area (Å²) in [6.45, 7) is 6.31. The van der Waals surface area contributed by atoms with Crippen molar-refractivity contribution in [3.05, 3.63) is 29.1 Å². The minimum absolute atomic E-state index is 0.105. The van der Waals surface area contributed by atoms with Gasteiger partial charge in [0, 0.05) is 13.5 Å². The number of hydrogen-bond donors (Lipinski definition) is 1. The summed E-state index contributed by atoms with van der Waals surface area (Å²) in [5, 5.41) is 11.4. The molecule has 1 aromatic rings. The van der Waals surface area contributed by atoms with Gasteiger partial charge in [0.25, 0.3) is 0 Å². The maximum Gasteiger partial charge on any atom is 0.242 e. The Balaban J connectivity index is 2.28. The largest absolute Gasteiger partial charge is 0.372 e. The Bertz CT molecular complexity index is 909. The van der Waals surface area contributed by atoms with Crippen LogP contribution in [0.2, 0.25) is 0 Å². The highest BCUT2D eigenvalue weighted by atomic mass is 19.1. The summed E-state index contributed by atoms with van der Waals surface area (Å²) in [5.41, 5.74) is -0.867. The van der Waals surface area contributed by atoms with Gasteiger partial charge >= 0.3 is 0 Å². The summed E-state index contributed by atoms with van der Waals surface area (Å²) in [7, 11) is 0. The van der Waals surface area contributed by atoms with Crippen molar-refractivity contribution < 1.29 is 23.5 Å². The summed E-state index contributed by atoms with van der Waals surface area (Å²) < 4.78 is 20.8. The molecule has 1 aromatic carbocycles. The molecule has 0 spiro atoms. The summed E-state index contributed by atoms with van der Waals surface area (Å²) in [5.74, 6) is -2.34. The van der Waals surface area contributed by atoms with E-state index in [1.54, 1.807) is 11.8 Å². The minimum Gasteiger partial charge on any atom is -0.372 e. The van der Waals surface area contributed by atoms with Crippen LogP contribution < -0.4 is 10.2 Å². The van der Waals surface area contributed by atoms with Crippen molar-refractivity contribution in [3.8, 4) is 6.07 Å². The van der Waals surface area contributed by atoms with E-state index in [1.807, 2.05) is 13.0 Å². The van der Waals surface area contributed by atoms with Crippen molar-refractivity contribution in [2.75, 3.05) is 11.4 Å². The van der Waals surface area contributed by atoms with Crippen LogP contribution in [0, 0.1) is 22.6 Å². The van der Waals surface area contributed by atoms with Crippen molar-refractivity contribution in [2.24, 2.45) is 5.41 Å². The molecule has 1 fully saturated rings. The Morgan fingerprint density at radius 1 is 1.32 bits per heavy atom. The van der Waals surface area contributed by atoms with Gasteiger partial charge in [-0.1, -0.05) is 0 Å². The lowest BCUT2D eigenvalue weighted by Crippen LogP contribution is -2.70. The third-order valence-electron chi connectivity index (χ3n) is 5.54. The second-order valence-corrected chi connectivity index (χ2v) is 7.54. The second kappa shape index (κ2) is 6.99. The molecule has 0 radical (unpaired) electrons. The van der Waals surface area contributed by atoms with Crippen LogP contribution in [0.15, 0.2) is 12.1 Å². The van der Waals surface area contributed by atoms with E-state index in [1.165, 1.54) is 19.9 Å². The average Bonchev–Trinajstić information content (AvgIpc) is 2.58. The first-order valence-corrected chi connectivity index (χ1v) is 9.09. The third kappa shape index (κ3) is 2.96. The summed E-state index contributed by atoms with van der Waals surface area (Å²) in [6.07, 6.45) is -0.937. The molecule has 0 aromatic heterocycles. The average molecular weight is 387 g/mol. The fourth-order valence-corrected chi connectivity index (χ4v) is 4.59. The van der Waals surface area contributed by atoms with Crippen LogP contribution in [-0.4, -0.2) is 42.4 Å². The van der Waals surface area contributed by atoms with Gasteiger partial charge in [0.05, 0.1) is 35.6 Å². The first-order chi connectivity index (χ1) is 13.1. The topological polar surface area (TPSA) is 99.5 Å². The summed E-state index contributed by atoms with van der Waals surface area (Å²) in [6, 6.07) is 3.77. The van der Waals surface area contributed by atoms with Crippen molar-refractivity contribution in [2.45, 2.75) is 52.4 Å². The number of nitrogens with one attached hydrogen (secondary N) is 1. The number of ketones is 1. The van der Waals surface area contributed by atoms with E-state index in [9.17, 15) is 24.0 Å². The number of imide groups is 1. The maximum absolute atomic E-state index is 14.9. The fraction of sp³-hybridized carbons (Fsp3) is 0.500. The van der Waals surface area contributed by atoms with E-state index < -0.39 is 41.0 Å². The number of Topliss-reactive ketones (excluding diaryl/α,β-unsaturated/α-hetero) is 1. The number of nitrogens with zero attached hydrogens (tertiary/aromatic N) is 2. The van der Waals surface area contributed by atoms with Gasteiger partial charge in [0.1, 0.15) is 17.0 Å². The number of hydrogen-bond acceptors (Lipinski definition) is 6. The van der Waals surface area contributed by atoms with E-state index in [2.05, 4.69) is 5.32 Å². The fourth-order valence-electron chi connectivity index (χ4n) is 4.59. The molecule has 1 N–H and O–H groups in total. The Morgan fingerprint density at radius 3 is 2.57 bits per heavy atom. The van der Waals surface area contributed by atoms with E-state index >= 15 is 0 Å². The molecule has 2 aliphatic heterocycles. The molecular formula is C20H22FN3O4. The predicted molar refractivity (Wildman–Crippen MR) is 97.9 cm³/mol. The summed E-state index contributed by atoms with van der Waals surface area (Å²) in [4.78, 5) is 39.2. The van der Waals surface area contributed by atoms with Gasteiger partial charge in [0.15, 0.2) is 0 Å². The molecule has 0 bridgehead atoms. The number of amides is 2. The zero-order valence-electron chi connectivity index (χ0n) is 16.2. The summed E-state index contributed by atoms with van der Waals surface area (Å²) >= 11 is 0. The van der Waals surface area contributed by atoms with Crippen LogP contribution in [0.5, 0.6) is 0 Å². The van der Waals surface area contributed by atoms with Crippen molar-refractivity contribution >= 4 is 23.3 Å². The zero-order chi connectivity index (χ0) is 20.8. The number of fused-ring (bicyclic) bond motifs is 3. The van der Waals surface area contributed by atoms with Crippen molar-refractivity contribution in [1.82, 2.24) is 5.32 Å². The minimum atomic E-state index is -1.64.